The Labute approximate surface area is 176 Å². The van der Waals surface area contributed by atoms with Crippen molar-refractivity contribution in [3.63, 3.8) is 0 Å². The van der Waals surface area contributed by atoms with Gasteiger partial charge >= 0.3 is 6.03 Å². The standard InChI is InChI=1S/C20H30N6O2S/c1-6-15(25(4)5)17-23-24-20(26(17)12-14-10-8-7-9-11-14)29-16(13(2)3)18(27)22-19(21)28/h7-11,13,15-16H,6,12H2,1-5H3,(H3,21,22,27,28)/t15-,16+/m1/s1. The Bertz CT molecular complexity index is 822. The van der Waals surface area contributed by atoms with E-state index in [0.717, 1.165) is 17.8 Å². The molecule has 3 N–H and O–H groups in total. The predicted molar refractivity (Wildman–Crippen MR) is 114 cm³/mol. The normalized spacial score (nSPS) is 13.5. The largest absolute Gasteiger partial charge is 0.351 e. The summed E-state index contributed by atoms with van der Waals surface area (Å²) < 4.78 is 2.06. The van der Waals surface area contributed by atoms with Crippen molar-refractivity contribution >= 4 is 23.7 Å². The molecule has 29 heavy (non-hydrogen) atoms. The van der Waals surface area contributed by atoms with E-state index < -0.39 is 17.2 Å². The van der Waals surface area contributed by atoms with Gasteiger partial charge < -0.3 is 10.3 Å². The van der Waals surface area contributed by atoms with Crippen LogP contribution in [0.3, 0.4) is 0 Å². The number of aromatic nitrogens is 3. The third-order valence-corrected chi connectivity index (χ3v) is 6.10. The fourth-order valence-electron chi connectivity index (χ4n) is 3.13. The minimum absolute atomic E-state index is 0.0273. The lowest BCUT2D eigenvalue weighted by Gasteiger charge is -2.24. The van der Waals surface area contributed by atoms with E-state index in [0.29, 0.717) is 11.7 Å². The van der Waals surface area contributed by atoms with Crippen LogP contribution in [0, 0.1) is 5.92 Å². The van der Waals surface area contributed by atoms with E-state index in [-0.39, 0.29) is 12.0 Å². The van der Waals surface area contributed by atoms with Gasteiger partial charge in [0.25, 0.3) is 0 Å². The molecule has 0 unspecified atom stereocenters. The van der Waals surface area contributed by atoms with Gasteiger partial charge in [0, 0.05) is 0 Å². The van der Waals surface area contributed by atoms with E-state index in [9.17, 15) is 9.59 Å². The predicted octanol–water partition coefficient (Wildman–Crippen LogP) is 2.65. The first kappa shape index (κ1) is 22.9. The Morgan fingerprint density at radius 3 is 2.38 bits per heavy atom. The molecule has 0 saturated heterocycles. The molecule has 9 heteroatoms. The summed E-state index contributed by atoms with van der Waals surface area (Å²) in [5, 5.41) is 11.2. The monoisotopic (exact) mass is 418 g/mol. The van der Waals surface area contributed by atoms with Crippen LogP contribution in [0.25, 0.3) is 0 Å². The highest BCUT2D eigenvalue weighted by molar-refractivity contribution is 8.00. The summed E-state index contributed by atoms with van der Waals surface area (Å²) in [5.74, 6) is 0.398. The second kappa shape index (κ2) is 10.4. The summed E-state index contributed by atoms with van der Waals surface area (Å²) in [6, 6.07) is 9.30. The molecule has 3 amide bonds. The van der Waals surface area contributed by atoms with Crippen molar-refractivity contribution in [3.05, 3.63) is 41.7 Å². The van der Waals surface area contributed by atoms with Gasteiger partial charge in [-0.05, 0) is 32.0 Å². The maximum absolute atomic E-state index is 12.5. The summed E-state index contributed by atoms with van der Waals surface area (Å²) >= 11 is 1.30. The van der Waals surface area contributed by atoms with Crippen LogP contribution in [-0.4, -0.2) is 50.9 Å². The summed E-state index contributed by atoms with van der Waals surface area (Å²) in [6.07, 6.45) is 0.875. The molecule has 0 aliphatic rings. The molecule has 0 aliphatic heterocycles. The van der Waals surface area contributed by atoms with E-state index in [1.807, 2.05) is 46.1 Å². The number of thioether (sulfide) groups is 1. The number of amides is 3. The Balaban J connectivity index is 2.43. The van der Waals surface area contributed by atoms with Crippen LogP contribution in [0.2, 0.25) is 0 Å². The number of rotatable bonds is 9. The van der Waals surface area contributed by atoms with E-state index in [4.69, 9.17) is 5.73 Å². The van der Waals surface area contributed by atoms with Crippen LogP contribution in [0.1, 0.15) is 44.6 Å². The molecule has 1 aromatic carbocycles. The summed E-state index contributed by atoms with van der Waals surface area (Å²) in [6.45, 7) is 6.55. The first-order valence-electron chi connectivity index (χ1n) is 9.65. The number of benzene rings is 1. The van der Waals surface area contributed by atoms with Crippen molar-refractivity contribution in [1.29, 1.82) is 0 Å². The quantitative estimate of drug-likeness (QED) is 0.607. The fraction of sp³-hybridized carbons (Fsp3) is 0.500. The summed E-state index contributed by atoms with van der Waals surface area (Å²) in [5.41, 5.74) is 6.25. The molecule has 0 radical (unpaired) electrons. The van der Waals surface area contributed by atoms with Crippen molar-refractivity contribution in [1.82, 2.24) is 25.0 Å². The lowest BCUT2D eigenvalue weighted by Crippen LogP contribution is -2.42. The van der Waals surface area contributed by atoms with Gasteiger partial charge in [0.1, 0.15) is 0 Å². The highest BCUT2D eigenvalue weighted by Crippen LogP contribution is 2.31. The number of carbonyl (C=O) groups excluding carboxylic acids is 2. The van der Waals surface area contributed by atoms with E-state index in [1.165, 1.54) is 11.8 Å². The highest BCUT2D eigenvalue weighted by atomic mass is 32.2. The molecule has 8 nitrogen and oxygen atoms in total. The zero-order valence-corrected chi connectivity index (χ0v) is 18.4. The molecule has 158 valence electrons. The molecule has 2 aromatic rings. The average molecular weight is 419 g/mol. The number of nitrogens with one attached hydrogen (secondary N) is 1. The third kappa shape index (κ3) is 6.04. The number of hydrogen-bond donors (Lipinski definition) is 2. The molecule has 0 aliphatic carbocycles. The van der Waals surface area contributed by atoms with Gasteiger partial charge in [-0.1, -0.05) is 62.9 Å². The molecule has 2 atom stereocenters. The van der Waals surface area contributed by atoms with Crippen LogP contribution in [0.4, 0.5) is 4.79 Å². The van der Waals surface area contributed by atoms with Crippen LogP contribution in [-0.2, 0) is 11.3 Å². The summed E-state index contributed by atoms with van der Waals surface area (Å²) in [4.78, 5) is 25.7. The van der Waals surface area contributed by atoms with Crippen molar-refractivity contribution in [2.75, 3.05) is 14.1 Å². The Morgan fingerprint density at radius 2 is 1.86 bits per heavy atom. The molecular weight excluding hydrogens is 388 g/mol. The highest BCUT2D eigenvalue weighted by Gasteiger charge is 2.29. The zero-order valence-electron chi connectivity index (χ0n) is 17.6. The van der Waals surface area contributed by atoms with Crippen molar-refractivity contribution < 1.29 is 9.59 Å². The zero-order chi connectivity index (χ0) is 21.6. The van der Waals surface area contributed by atoms with Gasteiger partial charge in [0.2, 0.25) is 5.91 Å². The van der Waals surface area contributed by atoms with Gasteiger partial charge in [-0.3, -0.25) is 15.0 Å². The third-order valence-electron chi connectivity index (χ3n) is 4.58. The Morgan fingerprint density at radius 1 is 1.21 bits per heavy atom. The number of carbonyl (C=O) groups is 2. The van der Waals surface area contributed by atoms with Gasteiger partial charge in [0.15, 0.2) is 11.0 Å². The molecule has 2 rings (SSSR count). The van der Waals surface area contributed by atoms with Crippen LogP contribution < -0.4 is 11.1 Å². The summed E-state index contributed by atoms with van der Waals surface area (Å²) in [7, 11) is 4.03. The minimum Gasteiger partial charge on any atom is -0.351 e. The smallest absolute Gasteiger partial charge is 0.318 e. The van der Waals surface area contributed by atoms with E-state index >= 15 is 0 Å². The average Bonchev–Trinajstić information content (AvgIpc) is 3.02. The Hall–Kier alpha value is -2.39. The van der Waals surface area contributed by atoms with Crippen LogP contribution in [0.5, 0.6) is 0 Å². The van der Waals surface area contributed by atoms with E-state index in [2.05, 4.69) is 44.0 Å². The Kier molecular flexibility index (Phi) is 8.21. The fourth-order valence-corrected chi connectivity index (χ4v) is 4.16. The van der Waals surface area contributed by atoms with Gasteiger partial charge in [-0.15, -0.1) is 10.2 Å². The lowest BCUT2D eigenvalue weighted by atomic mass is 10.1. The number of hydrogen-bond acceptors (Lipinski definition) is 6. The molecular formula is C20H30N6O2S. The number of primary amides is 1. The van der Waals surface area contributed by atoms with Crippen molar-refractivity contribution in [2.24, 2.45) is 11.7 Å². The maximum atomic E-state index is 12.5. The van der Waals surface area contributed by atoms with Crippen LogP contribution in [0.15, 0.2) is 35.5 Å². The number of urea groups is 1. The molecule has 0 bridgehead atoms. The SMILES string of the molecule is CC[C@H](c1nnc(S[C@H](C(=O)NC(N)=O)C(C)C)n1Cc1ccccc1)N(C)C. The van der Waals surface area contributed by atoms with Gasteiger partial charge in [-0.25, -0.2) is 4.79 Å². The molecule has 1 aromatic heterocycles. The molecule has 0 spiro atoms. The second-order valence-electron chi connectivity index (χ2n) is 7.44. The first-order valence-corrected chi connectivity index (χ1v) is 10.5. The van der Waals surface area contributed by atoms with Crippen LogP contribution >= 0.6 is 11.8 Å². The maximum Gasteiger partial charge on any atom is 0.318 e. The topological polar surface area (TPSA) is 106 Å². The minimum atomic E-state index is -0.855. The number of nitrogens with two attached hydrogens (primary N) is 1. The molecule has 1 heterocycles. The molecule has 0 fully saturated rings. The lowest BCUT2D eigenvalue weighted by molar-refractivity contribution is -0.120. The molecule has 0 saturated carbocycles. The van der Waals surface area contributed by atoms with Crippen molar-refractivity contribution in [2.45, 2.75) is 50.2 Å². The van der Waals surface area contributed by atoms with E-state index in [1.54, 1.807) is 0 Å². The van der Waals surface area contributed by atoms with Gasteiger partial charge in [0.05, 0.1) is 17.8 Å². The number of imide groups is 1. The number of nitrogens with zero attached hydrogens (tertiary/aromatic N) is 4. The van der Waals surface area contributed by atoms with Crippen molar-refractivity contribution in [3.8, 4) is 0 Å². The first-order chi connectivity index (χ1) is 13.7. The van der Waals surface area contributed by atoms with Gasteiger partial charge in [-0.2, -0.15) is 0 Å². The second-order valence-corrected chi connectivity index (χ2v) is 8.54.